The molecular formula is C64H50N8O16S4. The van der Waals surface area contributed by atoms with Crippen molar-refractivity contribution in [2.45, 2.75) is 75.0 Å². The Labute approximate surface area is 524 Å². The molecule has 0 saturated heterocycles. The van der Waals surface area contributed by atoms with Crippen LogP contribution in [0.5, 0.6) is 46.0 Å². The predicted octanol–water partition coefficient (Wildman–Crippen LogP) is 13.5. The summed E-state index contributed by atoms with van der Waals surface area (Å²) >= 11 is 0. The molecule has 6 N–H and O–H groups in total. The topological polar surface area (TPSA) is 363 Å². The third-order valence-electron chi connectivity index (χ3n) is 15.5. The molecule has 24 nitrogen and oxygen atoms in total. The fraction of sp³-hybridized carbons (Fsp3) is 0.125. The zero-order chi connectivity index (χ0) is 65.4. The van der Waals surface area contributed by atoms with E-state index in [0.29, 0.717) is 134 Å². The lowest BCUT2D eigenvalue weighted by molar-refractivity contribution is 0.470. The number of hydrogen-bond acceptors (Lipinski definition) is 18. The van der Waals surface area contributed by atoms with Gasteiger partial charge in [-0.3, -0.25) is 18.2 Å². The molecule has 0 radical (unpaired) electrons. The molecule has 11 aromatic rings. The molecule has 8 bridgehead atoms. The van der Waals surface area contributed by atoms with Gasteiger partial charge < -0.3 is 28.9 Å². The lowest BCUT2D eigenvalue weighted by atomic mass is 10.1. The molecule has 0 fully saturated rings. The highest BCUT2D eigenvalue weighted by atomic mass is 32.2. The molecule has 466 valence electrons. The Kier molecular flexibility index (Phi) is 14.4. The van der Waals surface area contributed by atoms with E-state index in [1.807, 2.05) is 0 Å². The minimum absolute atomic E-state index is 0.153. The predicted molar refractivity (Wildman–Crippen MR) is 339 cm³/mol. The number of fused-ring (bicyclic) bond motifs is 20. The van der Waals surface area contributed by atoms with Gasteiger partial charge in [0.2, 0.25) is 0 Å². The van der Waals surface area contributed by atoms with Crippen LogP contribution in [0.15, 0.2) is 141 Å². The number of aromatic nitrogens is 8. The van der Waals surface area contributed by atoms with Gasteiger partial charge in [0.15, 0.2) is 23.3 Å². The summed E-state index contributed by atoms with van der Waals surface area (Å²) in [6.07, 6.45) is 0. The Morgan fingerprint density at radius 1 is 0.283 bits per heavy atom. The second-order valence-corrected chi connectivity index (χ2v) is 28.0. The van der Waals surface area contributed by atoms with E-state index in [1.165, 1.54) is 48.5 Å². The minimum Gasteiger partial charge on any atom is -0.457 e. The molecule has 28 heteroatoms. The van der Waals surface area contributed by atoms with Gasteiger partial charge in [0.05, 0.1) is 19.6 Å². The first-order chi connectivity index (χ1) is 43.3. The molecule has 0 amide bonds. The third-order valence-corrected chi connectivity index (χ3v) is 18.8. The molecule has 0 spiro atoms. The van der Waals surface area contributed by atoms with Crippen LogP contribution in [0.2, 0.25) is 0 Å². The van der Waals surface area contributed by atoms with Gasteiger partial charge in [-0.05, 0) is 221 Å². The summed E-state index contributed by atoms with van der Waals surface area (Å²) in [5.41, 5.74) is 6.25. The third kappa shape index (κ3) is 11.3. The number of hydrogen-bond donors (Lipinski definition) is 6. The van der Waals surface area contributed by atoms with Crippen molar-refractivity contribution >= 4 is 84.6 Å². The van der Waals surface area contributed by atoms with Crippen LogP contribution in [0, 0.1) is 55.4 Å². The second kappa shape index (κ2) is 21.8. The summed E-state index contributed by atoms with van der Waals surface area (Å²) in [7, 11) is -18.2. The first-order valence-electron chi connectivity index (χ1n) is 27.8. The highest BCUT2D eigenvalue weighted by Gasteiger charge is 2.27. The number of rotatable bonds is 12. The lowest BCUT2D eigenvalue weighted by Gasteiger charge is -2.14. The maximum atomic E-state index is 12.2. The fourth-order valence-corrected chi connectivity index (χ4v) is 13.9. The Morgan fingerprint density at radius 2 is 0.511 bits per heavy atom. The molecule has 8 aromatic carbocycles. The van der Waals surface area contributed by atoms with Gasteiger partial charge in [0.25, 0.3) is 40.5 Å². The van der Waals surface area contributed by atoms with Crippen molar-refractivity contribution in [2.75, 3.05) is 0 Å². The molecule has 2 aliphatic rings. The van der Waals surface area contributed by atoms with Crippen molar-refractivity contribution in [3.05, 3.63) is 166 Å². The number of H-pyrrole nitrogens is 2. The summed E-state index contributed by atoms with van der Waals surface area (Å²) in [5.74, 6) is 3.19. The van der Waals surface area contributed by atoms with Crippen molar-refractivity contribution in [1.82, 2.24) is 39.9 Å². The molecule has 13 rings (SSSR count). The maximum absolute atomic E-state index is 12.2. The van der Waals surface area contributed by atoms with E-state index in [0.717, 1.165) is 0 Å². The smallest absolute Gasteiger partial charge is 0.294 e. The van der Waals surface area contributed by atoms with Crippen LogP contribution < -0.4 is 18.9 Å². The number of benzene rings is 8. The van der Waals surface area contributed by atoms with E-state index < -0.39 is 40.5 Å². The highest BCUT2D eigenvalue weighted by Crippen LogP contribution is 2.44. The van der Waals surface area contributed by atoms with Crippen LogP contribution in [0.4, 0.5) is 0 Å². The molecule has 0 atom stereocenters. The van der Waals surface area contributed by atoms with Crippen LogP contribution >= 0.6 is 0 Å². The van der Waals surface area contributed by atoms with E-state index in [9.17, 15) is 51.9 Å². The van der Waals surface area contributed by atoms with Crippen molar-refractivity contribution in [3.63, 3.8) is 0 Å². The lowest BCUT2D eigenvalue weighted by Crippen LogP contribution is -2.01. The van der Waals surface area contributed by atoms with Crippen LogP contribution in [0.1, 0.15) is 44.5 Å². The number of aromatic amines is 2. The maximum Gasteiger partial charge on any atom is 0.294 e. The van der Waals surface area contributed by atoms with Crippen molar-refractivity contribution in [3.8, 4) is 91.5 Å². The average Bonchev–Trinajstić information content (AvgIpc) is 1.74. The van der Waals surface area contributed by atoms with Crippen molar-refractivity contribution < 1.29 is 70.8 Å². The largest absolute Gasteiger partial charge is 0.457 e. The van der Waals surface area contributed by atoms with E-state index in [1.54, 1.807) is 128 Å². The summed E-state index contributed by atoms with van der Waals surface area (Å²) in [5, 5.41) is 2.00. The average molecular weight is 1320 g/mol. The SMILES string of the molecule is Cc1cc(S(=O)(=O)O)cc(C)c1Oc1ccc2c(c1)-c1nc-2nc2[nH]c(nc3nc(nc4[nH]c(n1)c1ccc(Oc5c(C)cc(S(=O)(=O)O)cc5C)cc41)-c1ccc(Oc4c(C)cc(S(=O)(=O)O)cc4C)cc1-3)c1ccc(Oc3c(C)cc(S(=O)(=O)O)cc3C)cc21. The number of ether oxygens (including phenoxy) is 4. The van der Waals surface area contributed by atoms with Gasteiger partial charge in [-0.2, -0.15) is 33.7 Å². The monoisotopic (exact) mass is 1310 g/mol. The quantitative estimate of drug-likeness (QED) is 0.0619. The summed E-state index contributed by atoms with van der Waals surface area (Å²) in [6, 6.07) is 31.0. The normalized spacial score (nSPS) is 12.5. The van der Waals surface area contributed by atoms with Crippen molar-refractivity contribution in [1.29, 1.82) is 0 Å². The van der Waals surface area contributed by atoms with Gasteiger partial charge in [-0.1, -0.05) is 0 Å². The van der Waals surface area contributed by atoms with E-state index in [-0.39, 0.29) is 65.5 Å². The van der Waals surface area contributed by atoms with Crippen LogP contribution in [-0.2, 0) is 40.5 Å². The molecule has 2 aliphatic heterocycles. The Hall–Kier alpha value is -10.0. The van der Waals surface area contributed by atoms with Crippen LogP contribution in [0.3, 0.4) is 0 Å². The number of nitrogens with zero attached hydrogens (tertiary/aromatic N) is 6. The molecule has 0 saturated carbocycles. The summed E-state index contributed by atoms with van der Waals surface area (Å²) in [6.45, 7) is 13.2. The Morgan fingerprint density at radius 3 is 0.772 bits per heavy atom. The van der Waals surface area contributed by atoms with Gasteiger partial charge in [0.1, 0.15) is 68.6 Å². The van der Waals surface area contributed by atoms with E-state index >= 15 is 0 Å². The first-order valence-corrected chi connectivity index (χ1v) is 33.5. The van der Waals surface area contributed by atoms with Gasteiger partial charge in [-0.25, -0.2) is 29.9 Å². The molecular weight excluding hydrogens is 1270 g/mol. The summed E-state index contributed by atoms with van der Waals surface area (Å²) < 4.78 is 163. The number of nitrogens with one attached hydrogen (secondary N) is 2. The van der Waals surface area contributed by atoms with Gasteiger partial charge in [-0.15, -0.1) is 0 Å². The minimum atomic E-state index is -4.54. The molecule has 3 aromatic heterocycles. The standard InChI is InChI=1S/C64H50N8O16S4/c1-29-17-41(89(73,74)75)18-30(2)53(29)85-37-9-13-45-49(25-37)61-65-57(45)70-62-51-27-39(87-55-33(5)21-43(22-34(55)6)91(79,80)81)11-15-47(51)59(67-62)72-64-52-28-40(88-56-35(7)23-44(24-36(56)8)92(82,83)84)12-16-48(52)60(68-64)71-63-50-26-38(10-14-46(50)58(66-63)69-61)86-54-31(3)19-42(20-32(54)4)90(76,77)78/h9-28H,1-8H3,(H,73,74,75)(H,76,77,78)(H,79,80,81)(H,82,83,84)(H2,65,66,67,68,69,70,71,72). The Balaban J connectivity index is 1.06. The molecule has 92 heavy (non-hydrogen) atoms. The molecule has 0 aliphatic carbocycles. The summed E-state index contributed by atoms with van der Waals surface area (Å²) in [4.78, 5) is 36.5. The van der Waals surface area contributed by atoms with Gasteiger partial charge in [0, 0.05) is 43.8 Å². The number of aryl methyl sites for hydroxylation is 8. The van der Waals surface area contributed by atoms with E-state index in [2.05, 4.69) is 9.97 Å². The highest BCUT2D eigenvalue weighted by molar-refractivity contribution is 7.86. The van der Waals surface area contributed by atoms with Crippen LogP contribution in [-0.4, -0.2) is 91.8 Å². The zero-order valence-corrected chi connectivity index (χ0v) is 52.8. The fourth-order valence-electron chi connectivity index (χ4n) is 11.3. The van der Waals surface area contributed by atoms with Gasteiger partial charge >= 0.3 is 0 Å². The first kappa shape index (κ1) is 60.8. The Bertz CT molecular complexity index is 5330. The zero-order valence-electron chi connectivity index (χ0n) is 49.6. The van der Waals surface area contributed by atoms with Crippen LogP contribution in [0.25, 0.3) is 89.7 Å². The van der Waals surface area contributed by atoms with E-state index in [4.69, 9.17) is 48.9 Å². The molecule has 5 heterocycles. The second-order valence-electron chi connectivity index (χ2n) is 22.3. The molecule has 0 unspecified atom stereocenters. The van der Waals surface area contributed by atoms with Crippen molar-refractivity contribution in [2.24, 2.45) is 0 Å².